The number of carbonyl (C=O) groups is 2. The summed E-state index contributed by atoms with van der Waals surface area (Å²) in [4.78, 5) is 32.6. The number of ketones is 1. The topological polar surface area (TPSA) is 98.5 Å². The molecule has 0 unspecified atom stereocenters. The third-order valence-corrected chi connectivity index (χ3v) is 2.40. The second kappa shape index (κ2) is 7.22. The van der Waals surface area contributed by atoms with E-state index in [1.165, 1.54) is 31.4 Å². The molecule has 7 heteroatoms. The summed E-state index contributed by atoms with van der Waals surface area (Å²) in [6.07, 6.45) is 0.151. The summed E-state index contributed by atoms with van der Waals surface area (Å²) >= 11 is 0. The van der Waals surface area contributed by atoms with Crippen molar-refractivity contribution in [1.29, 1.82) is 0 Å². The van der Waals surface area contributed by atoms with Crippen LogP contribution in [0.5, 0.6) is 0 Å². The zero-order chi connectivity index (χ0) is 14.3. The number of nitro benzene ring substituents is 1. The number of nitrogens with zero attached hydrogens (tertiary/aromatic N) is 1. The molecule has 0 aromatic heterocycles. The Bertz CT molecular complexity index is 487. The number of non-ortho nitro benzene ring substituents is 1. The summed E-state index contributed by atoms with van der Waals surface area (Å²) in [6.45, 7) is 0.329. The molecule has 0 heterocycles. The fourth-order valence-electron chi connectivity index (χ4n) is 1.40. The Morgan fingerprint density at radius 2 is 2.16 bits per heavy atom. The smallest absolute Gasteiger partial charge is 0.319 e. The average molecular weight is 266 g/mol. The van der Waals surface area contributed by atoms with Gasteiger partial charge in [-0.2, -0.15) is 0 Å². The zero-order valence-electron chi connectivity index (χ0n) is 10.4. The van der Waals surface area contributed by atoms with Gasteiger partial charge in [-0.25, -0.2) is 0 Å². The molecule has 0 spiro atoms. The molecule has 0 bridgehead atoms. The minimum absolute atomic E-state index is 0.0265. The van der Waals surface area contributed by atoms with Crippen LogP contribution in [0, 0.1) is 10.1 Å². The fourth-order valence-corrected chi connectivity index (χ4v) is 1.40. The van der Waals surface area contributed by atoms with Crippen molar-refractivity contribution in [2.45, 2.75) is 6.42 Å². The summed E-state index contributed by atoms with van der Waals surface area (Å²) in [5.41, 5.74) is 0.169. The molecule has 1 aromatic rings. The molecule has 0 radical (unpaired) electrons. The minimum Gasteiger partial charge on any atom is -0.468 e. The van der Waals surface area contributed by atoms with Crippen LogP contribution in [0.1, 0.15) is 16.8 Å². The molecule has 0 aliphatic heterocycles. The van der Waals surface area contributed by atoms with E-state index in [1.54, 1.807) is 0 Å². The van der Waals surface area contributed by atoms with Crippen LogP contribution < -0.4 is 5.32 Å². The van der Waals surface area contributed by atoms with Crippen molar-refractivity contribution in [2.24, 2.45) is 0 Å². The van der Waals surface area contributed by atoms with Crippen LogP contribution in [-0.2, 0) is 9.53 Å². The van der Waals surface area contributed by atoms with Crippen molar-refractivity contribution in [2.75, 3.05) is 20.2 Å². The van der Waals surface area contributed by atoms with Gasteiger partial charge >= 0.3 is 5.97 Å². The van der Waals surface area contributed by atoms with E-state index in [0.29, 0.717) is 6.54 Å². The number of hydrogen-bond donors (Lipinski definition) is 1. The summed E-state index contributed by atoms with van der Waals surface area (Å²) in [6, 6.07) is 5.55. The number of hydrogen-bond acceptors (Lipinski definition) is 6. The molecule has 0 aliphatic rings. The van der Waals surface area contributed by atoms with Gasteiger partial charge in [0.15, 0.2) is 5.78 Å². The summed E-state index contributed by atoms with van der Waals surface area (Å²) in [7, 11) is 1.28. The Morgan fingerprint density at radius 3 is 2.79 bits per heavy atom. The number of nitrogens with one attached hydrogen (secondary N) is 1. The van der Waals surface area contributed by atoms with Crippen LogP contribution in [0.3, 0.4) is 0 Å². The van der Waals surface area contributed by atoms with Crippen LogP contribution >= 0.6 is 0 Å². The highest BCUT2D eigenvalue weighted by atomic mass is 16.6. The van der Waals surface area contributed by atoms with Gasteiger partial charge in [0, 0.05) is 30.7 Å². The van der Waals surface area contributed by atoms with Crippen molar-refractivity contribution in [1.82, 2.24) is 5.32 Å². The number of ether oxygens (including phenoxy) is 1. The molecule has 1 rings (SSSR count). The van der Waals surface area contributed by atoms with Crippen molar-refractivity contribution < 1.29 is 19.2 Å². The van der Waals surface area contributed by atoms with E-state index in [0.717, 1.165) is 0 Å². The van der Waals surface area contributed by atoms with Crippen LogP contribution in [0.15, 0.2) is 24.3 Å². The molecular formula is C12H14N2O5. The van der Waals surface area contributed by atoms with Gasteiger partial charge in [-0.05, 0) is 0 Å². The first kappa shape index (κ1) is 14.8. The van der Waals surface area contributed by atoms with Gasteiger partial charge in [-0.3, -0.25) is 19.7 Å². The molecule has 0 amide bonds. The largest absolute Gasteiger partial charge is 0.468 e. The van der Waals surface area contributed by atoms with Gasteiger partial charge in [-0.1, -0.05) is 12.1 Å². The quantitative estimate of drug-likeness (QED) is 0.259. The number of nitro groups is 1. The molecule has 19 heavy (non-hydrogen) atoms. The first-order chi connectivity index (χ1) is 9.04. The predicted molar refractivity (Wildman–Crippen MR) is 66.9 cm³/mol. The highest BCUT2D eigenvalue weighted by molar-refractivity contribution is 5.96. The van der Waals surface area contributed by atoms with E-state index < -0.39 is 10.9 Å². The van der Waals surface area contributed by atoms with Crippen LogP contribution in [0.2, 0.25) is 0 Å². The molecule has 0 aliphatic carbocycles. The van der Waals surface area contributed by atoms with Crippen LogP contribution in [0.25, 0.3) is 0 Å². The van der Waals surface area contributed by atoms with Crippen molar-refractivity contribution in [3.63, 3.8) is 0 Å². The zero-order valence-corrected chi connectivity index (χ0v) is 10.4. The van der Waals surface area contributed by atoms with E-state index >= 15 is 0 Å². The Hall–Kier alpha value is -2.28. The lowest BCUT2D eigenvalue weighted by Crippen LogP contribution is -2.26. The predicted octanol–water partition coefficient (Wildman–Crippen LogP) is 0.930. The Kier molecular flexibility index (Phi) is 5.62. The lowest BCUT2D eigenvalue weighted by molar-refractivity contribution is -0.384. The van der Waals surface area contributed by atoms with Crippen molar-refractivity contribution >= 4 is 17.4 Å². The summed E-state index contributed by atoms with van der Waals surface area (Å²) in [5.74, 6) is -0.635. The number of methoxy groups -OCH3 is 1. The van der Waals surface area contributed by atoms with Crippen molar-refractivity contribution in [3.8, 4) is 0 Å². The molecule has 102 valence electrons. The van der Waals surface area contributed by atoms with Gasteiger partial charge < -0.3 is 10.1 Å². The normalized spacial score (nSPS) is 9.95. The third kappa shape index (κ3) is 4.84. The first-order valence-electron chi connectivity index (χ1n) is 5.59. The highest BCUT2D eigenvalue weighted by Crippen LogP contribution is 2.14. The molecule has 1 aromatic carbocycles. The molecule has 0 saturated carbocycles. The number of rotatable bonds is 7. The monoisotopic (exact) mass is 266 g/mol. The Labute approximate surface area is 109 Å². The highest BCUT2D eigenvalue weighted by Gasteiger charge is 2.11. The second-order valence-electron chi connectivity index (χ2n) is 3.73. The van der Waals surface area contributed by atoms with Crippen LogP contribution in [0.4, 0.5) is 5.69 Å². The maximum atomic E-state index is 11.8. The molecule has 1 N–H and O–H groups in total. The van der Waals surface area contributed by atoms with Crippen LogP contribution in [-0.4, -0.2) is 36.9 Å². The maximum absolute atomic E-state index is 11.8. The molecule has 0 atom stereocenters. The van der Waals surface area contributed by atoms with E-state index in [-0.39, 0.29) is 30.0 Å². The molecule has 0 fully saturated rings. The van der Waals surface area contributed by atoms with Gasteiger partial charge in [0.2, 0.25) is 0 Å². The number of esters is 1. The molecule has 0 saturated heterocycles. The second-order valence-corrected chi connectivity index (χ2v) is 3.73. The van der Waals surface area contributed by atoms with E-state index in [4.69, 9.17) is 0 Å². The summed E-state index contributed by atoms with van der Waals surface area (Å²) < 4.78 is 4.42. The van der Waals surface area contributed by atoms with Gasteiger partial charge in [0.1, 0.15) is 0 Å². The van der Waals surface area contributed by atoms with Gasteiger partial charge in [-0.15, -0.1) is 0 Å². The minimum atomic E-state index is -0.549. The third-order valence-electron chi connectivity index (χ3n) is 2.40. The Balaban J connectivity index is 2.47. The molecular weight excluding hydrogens is 252 g/mol. The number of Topliss-reactive ketones (excluding diaryl/α,β-unsaturated/α-hetero) is 1. The SMILES string of the molecule is COC(=O)CNCCC(=O)c1cccc([N+](=O)[O-])c1. The first-order valence-corrected chi connectivity index (χ1v) is 5.59. The standard InChI is InChI=1S/C12H14N2O5/c1-19-12(16)8-13-6-5-11(15)9-3-2-4-10(7-9)14(17)18/h2-4,7,13H,5-6,8H2,1H3. The lowest BCUT2D eigenvalue weighted by atomic mass is 10.1. The van der Waals surface area contributed by atoms with E-state index in [2.05, 4.69) is 10.1 Å². The molecule has 7 nitrogen and oxygen atoms in total. The fraction of sp³-hybridized carbons (Fsp3) is 0.333. The number of benzene rings is 1. The number of carbonyl (C=O) groups excluding carboxylic acids is 2. The van der Waals surface area contributed by atoms with E-state index in [1.807, 2.05) is 0 Å². The van der Waals surface area contributed by atoms with Crippen molar-refractivity contribution in [3.05, 3.63) is 39.9 Å². The van der Waals surface area contributed by atoms with Gasteiger partial charge in [0.25, 0.3) is 5.69 Å². The lowest BCUT2D eigenvalue weighted by Gasteiger charge is -2.03. The maximum Gasteiger partial charge on any atom is 0.319 e. The summed E-state index contributed by atoms with van der Waals surface area (Å²) in [5, 5.41) is 13.3. The average Bonchev–Trinajstić information content (AvgIpc) is 2.43. The Morgan fingerprint density at radius 1 is 1.42 bits per heavy atom. The van der Waals surface area contributed by atoms with Gasteiger partial charge in [0.05, 0.1) is 18.6 Å². The van der Waals surface area contributed by atoms with E-state index in [9.17, 15) is 19.7 Å².